The second-order valence-electron chi connectivity index (χ2n) is 5.63. The summed E-state index contributed by atoms with van der Waals surface area (Å²) in [7, 11) is 1.70. The molecule has 7 heteroatoms. The fourth-order valence-electron chi connectivity index (χ4n) is 2.69. The van der Waals surface area contributed by atoms with E-state index in [1.54, 1.807) is 47.4 Å². The number of benzene rings is 1. The smallest absolute Gasteiger partial charge is 0.225 e. The maximum Gasteiger partial charge on any atom is 0.225 e. The summed E-state index contributed by atoms with van der Waals surface area (Å²) in [5, 5.41) is 3.99. The van der Waals surface area contributed by atoms with Crippen LogP contribution in [0.1, 0.15) is 23.7 Å². The predicted octanol–water partition coefficient (Wildman–Crippen LogP) is 2.45. The van der Waals surface area contributed by atoms with Crippen LogP contribution in [-0.4, -0.2) is 37.6 Å². The molecule has 0 saturated heterocycles. The second kappa shape index (κ2) is 7.65. The summed E-state index contributed by atoms with van der Waals surface area (Å²) in [6.45, 7) is 0.432. The zero-order valence-corrected chi connectivity index (χ0v) is 13.8. The Bertz CT molecular complexity index is 823. The molecule has 1 amide bonds. The number of rotatable bonds is 6. The van der Waals surface area contributed by atoms with Gasteiger partial charge in [-0.25, -0.2) is 9.37 Å². The van der Waals surface area contributed by atoms with Crippen molar-refractivity contribution in [3.63, 3.8) is 0 Å². The summed E-state index contributed by atoms with van der Waals surface area (Å²) in [4.78, 5) is 22.5. The van der Waals surface area contributed by atoms with E-state index in [0.29, 0.717) is 17.8 Å². The molecule has 2 aromatic heterocycles. The summed E-state index contributed by atoms with van der Waals surface area (Å²) in [5.74, 6) is -0.433. The molecule has 0 aliphatic rings. The van der Waals surface area contributed by atoms with Crippen LogP contribution < -0.4 is 0 Å². The number of carbonyl (C=O) groups is 1. The SMILES string of the molecule is CN(C(=O)CCn1cncn1)[C@@H](c1cccc(F)c1)c1ccccn1. The first-order valence-electron chi connectivity index (χ1n) is 7.89. The lowest BCUT2D eigenvalue weighted by atomic mass is 10.0. The molecule has 3 rings (SSSR count). The highest BCUT2D eigenvalue weighted by Crippen LogP contribution is 2.27. The minimum Gasteiger partial charge on any atom is -0.333 e. The van der Waals surface area contributed by atoms with Gasteiger partial charge in [-0.3, -0.25) is 14.5 Å². The Kier molecular flexibility index (Phi) is 5.13. The number of halogens is 1. The lowest BCUT2D eigenvalue weighted by Crippen LogP contribution is -2.33. The van der Waals surface area contributed by atoms with E-state index in [2.05, 4.69) is 15.1 Å². The molecule has 3 aromatic rings. The summed E-state index contributed by atoms with van der Waals surface area (Å²) >= 11 is 0. The van der Waals surface area contributed by atoms with Crippen LogP contribution in [0.3, 0.4) is 0 Å². The Labute approximate surface area is 145 Å². The predicted molar refractivity (Wildman–Crippen MR) is 89.9 cm³/mol. The van der Waals surface area contributed by atoms with Gasteiger partial charge in [-0.05, 0) is 29.8 Å². The number of aromatic nitrogens is 4. The van der Waals surface area contributed by atoms with Crippen LogP contribution in [0.4, 0.5) is 4.39 Å². The van der Waals surface area contributed by atoms with Gasteiger partial charge in [0.05, 0.1) is 18.3 Å². The lowest BCUT2D eigenvalue weighted by Gasteiger charge is -2.28. The standard InChI is InChI=1S/C18H18FN5O/c1-23(17(25)8-10-24-13-20-12-22-24)18(16-7-2-3-9-21-16)14-5-4-6-15(19)11-14/h2-7,9,11-13,18H,8,10H2,1H3/t18-/m0/s1. The molecular weight excluding hydrogens is 321 g/mol. The first kappa shape index (κ1) is 16.8. The molecule has 0 aliphatic carbocycles. The van der Waals surface area contributed by atoms with Gasteiger partial charge in [0.25, 0.3) is 0 Å². The monoisotopic (exact) mass is 339 g/mol. The summed E-state index contributed by atoms with van der Waals surface area (Å²) < 4.78 is 15.3. The topological polar surface area (TPSA) is 63.9 Å². The van der Waals surface area contributed by atoms with E-state index < -0.39 is 6.04 Å². The molecule has 0 bridgehead atoms. The van der Waals surface area contributed by atoms with E-state index in [1.807, 2.05) is 12.1 Å². The van der Waals surface area contributed by atoms with Gasteiger partial charge < -0.3 is 4.90 Å². The van der Waals surface area contributed by atoms with E-state index in [0.717, 1.165) is 0 Å². The van der Waals surface area contributed by atoms with Crippen molar-refractivity contribution in [1.29, 1.82) is 0 Å². The third-order valence-corrected chi connectivity index (χ3v) is 3.93. The van der Waals surface area contributed by atoms with Crippen LogP contribution >= 0.6 is 0 Å². The largest absolute Gasteiger partial charge is 0.333 e. The molecule has 1 atom stereocenters. The molecule has 0 fully saturated rings. The van der Waals surface area contributed by atoms with Gasteiger partial charge in [0, 0.05) is 19.7 Å². The van der Waals surface area contributed by atoms with Crippen molar-refractivity contribution in [2.75, 3.05) is 7.05 Å². The normalized spacial score (nSPS) is 11.9. The van der Waals surface area contributed by atoms with Crippen molar-refractivity contribution in [2.45, 2.75) is 19.0 Å². The van der Waals surface area contributed by atoms with E-state index in [4.69, 9.17) is 0 Å². The maximum atomic E-state index is 13.7. The highest BCUT2D eigenvalue weighted by atomic mass is 19.1. The number of aryl methyl sites for hydroxylation is 1. The third-order valence-electron chi connectivity index (χ3n) is 3.93. The Hall–Kier alpha value is -3.09. The van der Waals surface area contributed by atoms with Gasteiger partial charge in [0.2, 0.25) is 5.91 Å². The number of nitrogens with zero attached hydrogens (tertiary/aromatic N) is 5. The average Bonchev–Trinajstić information content (AvgIpc) is 3.14. The van der Waals surface area contributed by atoms with Gasteiger partial charge in [-0.1, -0.05) is 18.2 Å². The fraction of sp³-hybridized carbons (Fsp3) is 0.222. The van der Waals surface area contributed by atoms with Crippen molar-refractivity contribution in [2.24, 2.45) is 0 Å². The number of carbonyl (C=O) groups excluding carboxylic acids is 1. The molecule has 1 aromatic carbocycles. The van der Waals surface area contributed by atoms with Crippen LogP contribution in [0.2, 0.25) is 0 Å². The van der Waals surface area contributed by atoms with E-state index in [1.165, 1.54) is 18.5 Å². The Morgan fingerprint density at radius 3 is 2.84 bits per heavy atom. The number of hydrogen-bond donors (Lipinski definition) is 0. The van der Waals surface area contributed by atoms with Crippen molar-refractivity contribution in [3.8, 4) is 0 Å². The second-order valence-corrected chi connectivity index (χ2v) is 5.63. The highest BCUT2D eigenvalue weighted by molar-refractivity contribution is 5.76. The summed E-state index contributed by atoms with van der Waals surface area (Å²) in [6, 6.07) is 11.3. The van der Waals surface area contributed by atoms with Crippen molar-refractivity contribution >= 4 is 5.91 Å². The van der Waals surface area contributed by atoms with E-state index in [9.17, 15) is 9.18 Å². The molecule has 0 saturated carbocycles. The van der Waals surface area contributed by atoms with Crippen LogP contribution in [0.5, 0.6) is 0 Å². The van der Waals surface area contributed by atoms with E-state index >= 15 is 0 Å². The van der Waals surface area contributed by atoms with Crippen molar-refractivity contribution in [3.05, 3.63) is 78.4 Å². The average molecular weight is 339 g/mol. The third kappa shape index (κ3) is 4.06. The van der Waals surface area contributed by atoms with Crippen LogP contribution in [0, 0.1) is 5.82 Å². The zero-order valence-electron chi connectivity index (χ0n) is 13.8. The van der Waals surface area contributed by atoms with Gasteiger partial charge in [0.15, 0.2) is 0 Å². The molecule has 128 valence electrons. The van der Waals surface area contributed by atoms with Gasteiger partial charge in [-0.2, -0.15) is 5.10 Å². The lowest BCUT2D eigenvalue weighted by molar-refractivity contribution is -0.131. The molecular formula is C18H18FN5O. The highest BCUT2D eigenvalue weighted by Gasteiger charge is 2.24. The molecule has 0 radical (unpaired) electrons. The molecule has 0 N–H and O–H groups in total. The first-order chi connectivity index (χ1) is 12.1. The van der Waals surface area contributed by atoms with Crippen LogP contribution in [0.25, 0.3) is 0 Å². The van der Waals surface area contributed by atoms with Gasteiger partial charge in [-0.15, -0.1) is 0 Å². The maximum absolute atomic E-state index is 13.7. The van der Waals surface area contributed by atoms with E-state index in [-0.39, 0.29) is 18.1 Å². The summed E-state index contributed by atoms with van der Waals surface area (Å²) in [6.07, 6.45) is 4.92. The van der Waals surface area contributed by atoms with Gasteiger partial charge >= 0.3 is 0 Å². The molecule has 0 unspecified atom stereocenters. The molecule has 25 heavy (non-hydrogen) atoms. The van der Waals surface area contributed by atoms with Crippen molar-refractivity contribution in [1.82, 2.24) is 24.6 Å². The first-order valence-corrected chi connectivity index (χ1v) is 7.89. The number of pyridine rings is 1. The zero-order chi connectivity index (χ0) is 17.6. The molecule has 2 heterocycles. The minimum atomic E-state index is -0.458. The molecule has 0 aliphatic heterocycles. The fourth-order valence-corrected chi connectivity index (χ4v) is 2.69. The number of amides is 1. The Morgan fingerprint density at radius 2 is 2.16 bits per heavy atom. The summed E-state index contributed by atoms with van der Waals surface area (Å²) in [5.41, 5.74) is 1.36. The Morgan fingerprint density at radius 1 is 1.28 bits per heavy atom. The van der Waals surface area contributed by atoms with Crippen LogP contribution in [-0.2, 0) is 11.3 Å². The van der Waals surface area contributed by atoms with Gasteiger partial charge in [0.1, 0.15) is 18.5 Å². The quantitative estimate of drug-likeness (QED) is 0.692. The van der Waals surface area contributed by atoms with Crippen LogP contribution in [0.15, 0.2) is 61.3 Å². The number of hydrogen-bond acceptors (Lipinski definition) is 4. The molecule has 0 spiro atoms. The Balaban J connectivity index is 1.84. The van der Waals surface area contributed by atoms with Crippen molar-refractivity contribution < 1.29 is 9.18 Å². The minimum absolute atomic E-state index is 0.0876. The molecule has 6 nitrogen and oxygen atoms in total.